The molecule has 2 aromatic rings. The fourth-order valence-corrected chi connectivity index (χ4v) is 15.6. The van der Waals surface area contributed by atoms with Gasteiger partial charge in [0.2, 0.25) is 0 Å². The largest absolute Gasteiger partial charge is 0.423 e. The Hall–Kier alpha value is -5.38. The SMILES string of the molecule is CC(C)CCCC(C)C1CCC2C3CCC4CC(c5ccc(OC(=O)c6ccc7c(c6)C(=O)OC7=O)cc5)(C5(C)C=CC(OC(=O)C6=CCC7(C)C(=O)OC(=O)C7=C6)=CC5)CCC4(C)C3CCC12C. The molecule has 2 heterocycles. The van der Waals surface area contributed by atoms with E-state index in [4.69, 9.17) is 18.9 Å². The average molecular weight is 937 g/mol. The maximum Gasteiger partial charge on any atom is 0.346 e. The molecule has 0 bridgehead atoms. The monoisotopic (exact) mass is 936 g/mol. The molecule has 69 heavy (non-hydrogen) atoms. The van der Waals surface area contributed by atoms with Crippen molar-refractivity contribution < 1.29 is 47.7 Å². The van der Waals surface area contributed by atoms with Crippen LogP contribution in [0.2, 0.25) is 0 Å². The maximum absolute atomic E-state index is 13.6. The van der Waals surface area contributed by atoms with Crippen molar-refractivity contribution in [2.45, 2.75) is 144 Å². The van der Waals surface area contributed by atoms with E-state index in [-0.39, 0.29) is 50.5 Å². The first-order valence-electron chi connectivity index (χ1n) is 25.8. The average Bonchev–Trinajstić information content (AvgIpc) is 3.91. The molecular weight excluding hydrogens is 869 g/mol. The number of cyclic esters (lactones) is 4. The topological polar surface area (TPSA) is 139 Å². The van der Waals surface area contributed by atoms with Crippen molar-refractivity contribution >= 4 is 35.8 Å². The Morgan fingerprint density at radius 3 is 2.22 bits per heavy atom. The summed E-state index contributed by atoms with van der Waals surface area (Å²) in [6.07, 6.45) is 25.0. The molecule has 0 radical (unpaired) electrons. The molecule has 4 saturated carbocycles. The van der Waals surface area contributed by atoms with Crippen LogP contribution in [0.5, 0.6) is 5.75 Å². The van der Waals surface area contributed by atoms with Crippen molar-refractivity contribution in [2.75, 3.05) is 0 Å². The minimum absolute atomic E-state index is 0.0481. The van der Waals surface area contributed by atoms with Gasteiger partial charge in [0.15, 0.2) is 0 Å². The molecule has 0 aromatic heterocycles. The van der Waals surface area contributed by atoms with Gasteiger partial charge in [0.25, 0.3) is 0 Å². The number of carbonyl (C=O) groups excluding carboxylic acids is 6. The summed E-state index contributed by atoms with van der Waals surface area (Å²) in [6, 6.07) is 12.2. The van der Waals surface area contributed by atoms with Crippen LogP contribution in [-0.2, 0) is 34.0 Å². The lowest BCUT2D eigenvalue weighted by Gasteiger charge is -2.65. The highest BCUT2D eigenvalue weighted by Gasteiger charge is 2.64. The van der Waals surface area contributed by atoms with Gasteiger partial charge < -0.3 is 18.9 Å². The van der Waals surface area contributed by atoms with Crippen LogP contribution < -0.4 is 4.74 Å². The number of carbonyl (C=O) groups is 6. The lowest BCUT2D eigenvalue weighted by Crippen LogP contribution is -2.58. The quantitative estimate of drug-likeness (QED) is 0.0926. The third-order valence-corrected chi connectivity index (χ3v) is 19.8. The van der Waals surface area contributed by atoms with Gasteiger partial charge in [-0.1, -0.05) is 85.1 Å². The van der Waals surface area contributed by atoms with Crippen molar-refractivity contribution in [3.8, 4) is 5.75 Å². The summed E-state index contributed by atoms with van der Waals surface area (Å²) in [5, 5.41) is 0. The Morgan fingerprint density at radius 2 is 1.48 bits per heavy atom. The van der Waals surface area contributed by atoms with Crippen molar-refractivity contribution in [1.29, 1.82) is 0 Å². The highest BCUT2D eigenvalue weighted by molar-refractivity contribution is 6.15. The fourth-order valence-electron chi connectivity index (χ4n) is 15.6. The van der Waals surface area contributed by atoms with Crippen LogP contribution in [0.15, 0.2) is 89.8 Å². The Balaban J connectivity index is 0.900. The Kier molecular flexibility index (Phi) is 11.8. The molecule has 11 atom stereocenters. The van der Waals surface area contributed by atoms with E-state index >= 15 is 0 Å². The van der Waals surface area contributed by atoms with Crippen LogP contribution in [0.3, 0.4) is 0 Å². The van der Waals surface area contributed by atoms with E-state index in [9.17, 15) is 28.8 Å². The predicted octanol–water partition coefficient (Wildman–Crippen LogP) is 12.3. The Labute approximate surface area is 406 Å². The van der Waals surface area contributed by atoms with Gasteiger partial charge in [-0.05, 0) is 189 Å². The van der Waals surface area contributed by atoms with E-state index < -0.39 is 41.2 Å². The Morgan fingerprint density at radius 1 is 0.725 bits per heavy atom. The Bertz CT molecular complexity index is 2650. The number of fused-ring (bicyclic) bond motifs is 7. The molecule has 10 nitrogen and oxygen atoms in total. The minimum atomic E-state index is -1.10. The van der Waals surface area contributed by atoms with Crippen molar-refractivity contribution in [3.63, 3.8) is 0 Å². The molecule has 5 fully saturated rings. The number of allylic oxidation sites excluding steroid dienone is 4. The minimum Gasteiger partial charge on any atom is -0.423 e. The molecule has 10 rings (SSSR count). The summed E-state index contributed by atoms with van der Waals surface area (Å²) in [5.41, 5.74) is 0.768. The lowest BCUT2D eigenvalue weighted by atomic mass is 9.40. The number of hydrogen-bond donors (Lipinski definition) is 0. The maximum atomic E-state index is 13.6. The van der Waals surface area contributed by atoms with Gasteiger partial charge in [-0.3, -0.25) is 4.79 Å². The van der Waals surface area contributed by atoms with Crippen LogP contribution >= 0.6 is 0 Å². The first-order valence-corrected chi connectivity index (χ1v) is 25.8. The molecule has 2 aromatic carbocycles. The smallest absolute Gasteiger partial charge is 0.346 e. The van der Waals surface area contributed by atoms with Gasteiger partial charge in [0.05, 0.1) is 27.8 Å². The van der Waals surface area contributed by atoms with Gasteiger partial charge in [0.1, 0.15) is 16.9 Å². The van der Waals surface area contributed by atoms with Gasteiger partial charge in [-0.25, -0.2) is 24.0 Å². The first-order chi connectivity index (χ1) is 32.8. The molecule has 8 aliphatic rings. The molecule has 11 unspecified atom stereocenters. The van der Waals surface area contributed by atoms with Gasteiger partial charge in [0, 0.05) is 5.41 Å². The standard InChI is InChI=1S/C59H68O10/c1-34(2)9-8-10-35(3)45-19-20-46-43-18-14-39-33-59(30-29-56(39,5)47(43)24-28-57(45,46)6,38-12-15-40(16-13-38)66-49(60)36-11-17-42-44(31-36)52(63)68-51(42)62)55(4)25-22-41(23-26-55)67-50(61)37-21-27-58(7)48(32-37)53(64)69-54(58)65/h11-13,15-17,21-23,25,31-32,34-35,39,43,45-47H,8-10,14,18-20,24,26-30,33H2,1-7H3. The van der Waals surface area contributed by atoms with Gasteiger partial charge >= 0.3 is 35.8 Å². The molecule has 10 heteroatoms. The first kappa shape index (κ1) is 47.3. The van der Waals surface area contributed by atoms with Gasteiger partial charge in [-0.15, -0.1) is 0 Å². The summed E-state index contributed by atoms with van der Waals surface area (Å²) in [7, 11) is 0. The molecule has 364 valence electrons. The molecule has 1 saturated heterocycles. The van der Waals surface area contributed by atoms with Crippen LogP contribution in [0.1, 0.15) is 175 Å². The summed E-state index contributed by atoms with van der Waals surface area (Å²) >= 11 is 0. The van der Waals surface area contributed by atoms with Crippen molar-refractivity contribution in [3.05, 3.63) is 112 Å². The zero-order chi connectivity index (χ0) is 48.8. The van der Waals surface area contributed by atoms with E-state index in [1.54, 1.807) is 13.0 Å². The second kappa shape index (κ2) is 17.2. The summed E-state index contributed by atoms with van der Waals surface area (Å²) in [5.74, 6) is 1.88. The zero-order valence-corrected chi connectivity index (χ0v) is 41.5. The normalized spacial score (nSPS) is 35.9. The van der Waals surface area contributed by atoms with Crippen LogP contribution in [0, 0.1) is 63.1 Å². The number of esters is 6. The molecule has 2 aliphatic heterocycles. The second-order valence-electron chi connectivity index (χ2n) is 23.7. The second-order valence-corrected chi connectivity index (χ2v) is 23.7. The highest BCUT2D eigenvalue weighted by Crippen LogP contribution is 2.71. The van der Waals surface area contributed by atoms with E-state index in [0.717, 1.165) is 48.9 Å². The fraction of sp³-hybridized carbons (Fsp3) is 0.559. The molecule has 6 aliphatic carbocycles. The van der Waals surface area contributed by atoms with Crippen LogP contribution in [0.4, 0.5) is 0 Å². The van der Waals surface area contributed by atoms with Crippen molar-refractivity contribution in [1.82, 2.24) is 0 Å². The van der Waals surface area contributed by atoms with E-state index in [0.29, 0.717) is 35.2 Å². The van der Waals surface area contributed by atoms with E-state index in [1.165, 1.54) is 87.6 Å². The molecule has 0 spiro atoms. The highest BCUT2D eigenvalue weighted by atomic mass is 16.6. The van der Waals surface area contributed by atoms with Crippen molar-refractivity contribution in [2.24, 2.45) is 63.1 Å². The number of benzene rings is 2. The van der Waals surface area contributed by atoms with E-state index in [2.05, 4.69) is 59.8 Å². The predicted molar refractivity (Wildman–Crippen MR) is 258 cm³/mol. The summed E-state index contributed by atoms with van der Waals surface area (Å²) < 4.78 is 21.4. The third-order valence-electron chi connectivity index (χ3n) is 19.8. The number of ether oxygens (including phenoxy) is 4. The van der Waals surface area contributed by atoms with Crippen LogP contribution in [-0.4, -0.2) is 35.8 Å². The number of hydrogen-bond acceptors (Lipinski definition) is 10. The third kappa shape index (κ3) is 7.72. The molecule has 0 N–H and O–H groups in total. The molecule has 0 amide bonds. The van der Waals surface area contributed by atoms with Gasteiger partial charge in [-0.2, -0.15) is 0 Å². The number of rotatable bonds is 11. The zero-order valence-electron chi connectivity index (χ0n) is 41.5. The summed E-state index contributed by atoms with van der Waals surface area (Å²) in [6.45, 7) is 16.5. The summed E-state index contributed by atoms with van der Waals surface area (Å²) in [4.78, 5) is 76.1. The van der Waals surface area contributed by atoms with E-state index in [1.807, 2.05) is 24.3 Å². The van der Waals surface area contributed by atoms with Crippen LogP contribution in [0.25, 0.3) is 0 Å². The molecular formula is C59H68O10. The lowest BCUT2D eigenvalue weighted by molar-refractivity contribution is -0.154.